The number of hydrogen-bond donors (Lipinski definition) is 2. The Hall–Kier alpha value is -1.62. The lowest BCUT2D eigenvalue weighted by Crippen LogP contribution is -2.30. The fourth-order valence-corrected chi connectivity index (χ4v) is 3.67. The molecule has 0 saturated heterocycles. The number of nitrogens with one attached hydrogen (secondary N) is 2. The van der Waals surface area contributed by atoms with Crippen molar-refractivity contribution >= 4 is 35.7 Å². The molecule has 2 unspecified atom stereocenters. The van der Waals surface area contributed by atoms with Crippen molar-refractivity contribution < 1.29 is 4.39 Å². The van der Waals surface area contributed by atoms with E-state index in [1.807, 2.05) is 18.3 Å². The molecule has 4 rings (SSSR count). The van der Waals surface area contributed by atoms with E-state index < -0.39 is 0 Å². The van der Waals surface area contributed by atoms with E-state index in [2.05, 4.69) is 28.3 Å². The van der Waals surface area contributed by atoms with Crippen LogP contribution in [0.25, 0.3) is 10.9 Å². The van der Waals surface area contributed by atoms with Crippen LogP contribution in [0.2, 0.25) is 0 Å². The lowest BCUT2D eigenvalue weighted by molar-refractivity contribution is 0.446. The van der Waals surface area contributed by atoms with Gasteiger partial charge in [0.1, 0.15) is 5.82 Å². The van der Waals surface area contributed by atoms with Crippen molar-refractivity contribution in [3.63, 3.8) is 0 Å². The van der Waals surface area contributed by atoms with Gasteiger partial charge in [0.15, 0.2) is 0 Å². The number of pyridine rings is 1. The van der Waals surface area contributed by atoms with Gasteiger partial charge in [0.2, 0.25) is 0 Å². The average Bonchev–Trinajstić information content (AvgIpc) is 2.94. The predicted molar refractivity (Wildman–Crippen MR) is 104 cm³/mol. The highest BCUT2D eigenvalue weighted by atomic mass is 35.5. The lowest BCUT2D eigenvalue weighted by atomic mass is 9.88. The summed E-state index contributed by atoms with van der Waals surface area (Å²) in [4.78, 5) is 7.69. The number of aromatic nitrogens is 2. The van der Waals surface area contributed by atoms with E-state index in [-0.39, 0.29) is 36.7 Å². The normalized spacial score (nSPS) is 17.3. The zero-order chi connectivity index (χ0) is 15.8. The van der Waals surface area contributed by atoms with Gasteiger partial charge in [-0.1, -0.05) is 13.0 Å². The fraction of sp³-hybridized carbons (Fsp3) is 0.316. The van der Waals surface area contributed by atoms with Crippen LogP contribution in [0.3, 0.4) is 0 Å². The molecule has 2 N–H and O–H groups in total. The van der Waals surface area contributed by atoms with E-state index in [4.69, 9.17) is 0 Å². The van der Waals surface area contributed by atoms with Gasteiger partial charge in [-0.3, -0.25) is 4.98 Å². The second kappa shape index (κ2) is 8.17. The number of halogens is 3. The van der Waals surface area contributed by atoms with Crippen LogP contribution in [0.5, 0.6) is 0 Å². The molecule has 25 heavy (non-hydrogen) atoms. The van der Waals surface area contributed by atoms with Crippen molar-refractivity contribution in [3.8, 4) is 0 Å². The molecule has 1 aromatic carbocycles. The molecule has 1 aliphatic rings. The fourth-order valence-electron chi connectivity index (χ4n) is 3.67. The predicted octanol–water partition coefficient (Wildman–Crippen LogP) is 4.93. The number of aromatic amines is 1. The highest BCUT2D eigenvalue weighted by Crippen LogP contribution is 2.36. The smallest absolute Gasteiger partial charge is 0.123 e. The molecule has 0 spiro atoms. The number of benzene rings is 1. The summed E-state index contributed by atoms with van der Waals surface area (Å²) in [5, 5.41) is 4.62. The summed E-state index contributed by atoms with van der Waals surface area (Å²) < 4.78 is 13.7. The first-order chi connectivity index (χ1) is 11.2. The quantitative estimate of drug-likeness (QED) is 0.675. The molecular weight excluding hydrogens is 360 g/mol. The summed E-state index contributed by atoms with van der Waals surface area (Å²) in [6.07, 6.45) is 5.67. The maximum atomic E-state index is 13.7. The van der Waals surface area contributed by atoms with Crippen LogP contribution in [0.15, 0.2) is 42.7 Å². The molecule has 3 nitrogen and oxygen atoms in total. The molecule has 6 heteroatoms. The summed E-state index contributed by atoms with van der Waals surface area (Å²) >= 11 is 0. The Kier molecular flexibility index (Phi) is 6.44. The Morgan fingerprint density at radius 3 is 2.88 bits per heavy atom. The molecule has 0 amide bonds. The van der Waals surface area contributed by atoms with E-state index in [9.17, 15) is 4.39 Å². The first-order valence-corrected chi connectivity index (χ1v) is 8.15. The summed E-state index contributed by atoms with van der Waals surface area (Å²) in [5.41, 5.74) is 4.75. The topological polar surface area (TPSA) is 40.7 Å². The summed E-state index contributed by atoms with van der Waals surface area (Å²) in [6.45, 7) is 3.18. The Bertz CT molecular complexity index is 835. The Labute approximate surface area is 159 Å². The van der Waals surface area contributed by atoms with Crippen molar-refractivity contribution in [1.82, 2.24) is 15.3 Å². The maximum Gasteiger partial charge on any atom is 0.123 e. The van der Waals surface area contributed by atoms with Crippen molar-refractivity contribution in [3.05, 3.63) is 65.4 Å². The molecule has 2 aromatic heterocycles. The third-order valence-electron chi connectivity index (χ3n) is 4.84. The van der Waals surface area contributed by atoms with Crippen LogP contribution in [-0.2, 0) is 6.42 Å². The van der Waals surface area contributed by atoms with E-state index in [0.29, 0.717) is 5.92 Å². The molecule has 2 atom stereocenters. The molecule has 0 radical (unpaired) electrons. The van der Waals surface area contributed by atoms with Crippen molar-refractivity contribution in [2.45, 2.75) is 31.7 Å². The van der Waals surface area contributed by atoms with Crippen LogP contribution < -0.4 is 5.32 Å². The average molecular weight is 382 g/mol. The van der Waals surface area contributed by atoms with Gasteiger partial charge in [-0.05, 0) is 47.7 Å². The SMILES string of the molecule is CC(CC1NCCc2[nH]c3ccc(F)cc3c21)c1cccnc1.Cl.Cl. The highest BCUT2D eigenvalue weighted by molar-refractivity contribution is 5.86. The minimum Gasteiger partial charge on any atom is -0.358 e. The molecule has 0 bridgehead atoms. The molecule has 134 valence electrons. The van der Waals surface area contributed by atoms with Crippen molar-refractivity contribution in [2.75, 3.05) is 6.54 Å². The second-order valence-corrected chi connectivity index (χ2v) is 6.39. The van der Waals surface area contributed by atoms with Crippen molar-refractivity contribution in [1.29, 1.82) is 0 Å². The monoisotopic (exact) mass is 381 g/mol. The number of nitrogens with zero attached hydrogens (tertiary/aromatic N) is 1. The molecule has 0 saturated carbocycles. The molecule has 0 fully saturated rings. The standard InChI is InChI=1S/C19H20FN3.2ClH/c1-12(13-3-2-7-21-11-13)9-18-19-15-10-14(20)4-5-16(15)23-17(19)6-8-22-18;;/h2-5,7,10-12,18,22-23H,6,8-9H2,1H3;2*1H. The first kappa shape index (κ1) is 19.7. The highest BCUT2D eigenvalue weighted by Gasteiger charge is 2.26. The molecule has 3 aromatic rings. The summed E-state index contributed by atoms with van der Waals surface area (Å²) in [5.74, 6) is 0.217. The molecule has 0 aliphatic carbocycles. The third-order valence-corrected chi connectivity index (χ3v) is 4.84. The number of fused-ring (bicyclic) bond motifs is 3. The largest absolute Gasteiger partial charge is 0.358 e. The minimum atomic E-state index is -0.177. The Morgan fingerprint density at radius 1 is 1.28 bits per heavy atom. The van der Waals surface area contributed by atoms with Gasteiger partial charge >= 0.3 is 0 Å². The van der Waals surface area contributed by atoms with Gasteiger partial charge in [-0.25, -0.2) is 4.39 Å². The molecule has 3 heterocycles. The third kappa shape index (κ3) is 3.81. The first-order valence-electron chi connectivity index (χ1n) is 8.15. The zero-order valence-corrected chi connectivity index (χ0v) is 15.6. The summed E-state index contributed by atoms with van der Waals surface area (Å²) in [7, 11) is 0. The second-order valence-electron chi connectivity index (χ2n) is 6.39. The van der Waals surface area contributed by atoms with Gasteiger partial charge < -0.3 is 10.3 Å². The number of rotatable bonds is 3. The maximum absolute atomic E-state index is 13.7. The molecule has 1 aliphatic heterocycles. The van der Waals surface area contributed by atoms with Gasteiger partial charge in [0, 0.05) is 48.0 Å². The minimum absolute atomic E-state index is 0. The van der Waals surface area contributed by atoms with E-state index in [0.717, 1.165) is 30.3 Å². The van der Waals surface area contributed by atoms with Crippen LogP contribution in [0.4, 0.5) is 4.39 Å². The van der Waals surface area contributed by atoms with Gasteiger partial charge in [-0.15, -0.1) is 24.8 Å². The van der Waals surface area contributed by atoms with Gasteiger partial charge in [0.05, 0.1) is 0 Å². The van der Waals surface area contributed by atoms with Gasteiger partial charge in [0.25, 0.3) is 0 Å². The van der Waals surface area contributed by atoms with Crippen LogP contribution >= 0.6 is 24.8 Å². The van der Waals surface area contributed by atoms with E-state index >= 15 is 0 Å². The van der Waals surface area contributed by atoms with Crippen LogP contribution in [-0.4, -0.2) is 16.5 Å². The number of H-pyrrole nitrogens is 1. The van der Waals surface area contributed by atoms with Crippen LogP contribution in [0.1, 0.15) is 42.1 Å². The lowest BCUT2D eigenvalue weighted by Gasteiger charge is -2.27. The number of hydrogen-bond acceptors (Lipinski definition) is 2. The summed E-state index contributed by atoms with van der Waals surface area (Å²) in [6, 6.07) is 9.35. The van der Waals surface area contributed by atoms with E-state index in [1.165, 1.54) is 22.9 Å². The Morgan fingerprint density at radius 2 is 2.12 bits per heavy atom. The van der Waals surface area contributed by atoms with Crippen LogP contribution in [0, 0.1) is 5.82 Å². The zero-order valence-electron chi connectivity index (χ0n) is 14.0. The molecular formula is C19H22Cl2FN3. The Balaban J connectivity index is 0.00000113. The van der Waals surface area contributed by atoms with Crippen molar-refractivity contribution in [2.24, 2.45) is 0 Å². The van der Waals surface area contributed by atoms with E-state index in [1.54, 1.807) is 12.3 Å². The van der Waals surface area contributed by atoms with Gasteiger partial charge in [-0.2, -0.15) is 0 Å².